The van der Waals surface area contributed by atoms with Crippen molar-refractivity contribution < 1.29 is 22.1 Å². The molecule has 0 saturated heterocycles. The SMILES string of the molecule is CCOCCOc1ccc(S(=O)(=O)Oc2cccc(I)c2)cc1. The van der Waals surface area contributed by atoms with Crippen LogP contribution in [0, 0.1) is 3.57 Å². The summed E-state index contributed by atoms with van der Waals surface area (Å²) in [4.78, 5) is 0.0773. The molecule has 0 saturated carbocycles. The number of halogens is 1. The van der Waals surface area contributed by atoms with Crippen LogP contribution in [0.1, 0.15) is 6.92 Å². The fraction of sp³-hybridized carbons (Fsp3) is 0.250. The van der Waals surface area contributed by atoms with Crippen LogP contribution in [0.5, 0.6) is 11.5 Å². The lowest BCUT2D eigenvalue weighted by atomic mass is 10.3. The molecule has 0 N–H and O–H groups in total. The van der Waals surface area contributed by atoms with E-state index >= 15 is 0 Å². The number of rotatable bonds is 8. The third kappa shape index (κ3) is 5.67. The molecule has 7 heteroatoms. The van der Waals surface area contributed by atoms with Gasteiger partial charge in [0, 0.05) is 10.2 Å². The van der Waals surface area contributed by atoms with Gasteiger partial charge < -0.3 is 13.7 Å². The molecule has 0 heterocycles. The van der Waals surface area contributed by atoms with Crippen molar-refractivity contribution in [3.8, 4) is 11.5 Å². The minimum atomic E-state index is -3.86. The van der Waals surface area contributed by atoms with Crippen LogP contribution in [0.15, 0.2) is 53.4 Å². The molecular weight excluding hydrogens is 431 g/mol. The van der Waals surface area contributed by atoms with Gasteiger partial charge in [-0.05, 0) is 72.0 Å². The van der Waals surface area contributed by atoms with Crippen LogP contribution < -0.4 is 8.92 Å². The Morgan fingerprint density at radius 3 is 2.39 bits per heavy atom. The third-order valence-electron chi connectivity index (χ3n) is 2.81. The highest BCUT2D eigenvalue weighted by molar-refractivity contribution is 14.1. The molecule has 2 rings (SSSR count). The Hall–Kier alpha value is -1.32. The van der Waals surface area contributed by atoms with Crippen molar-refractivity contribution in [2.24, 2.45) is 0 Å². The van der Waals surface area contributed by atoms with Crippen LogP contribution in [0.25, 0.3) is 0 Å². The van der Waals surface area contributed by atoms with Gasteiger partial charge in [-0.1, -0.05) is 6.07 Å². The van der Waals surface area contributed by atoms with Gasteiger partial charge in [-0.2, -0.15) is 8.42 Å². The van der Waals surface area contributed by atoms with Gasteiger partial charge in [0.1, 0.15) is 23.0 Å². The minimum absolute atomic E-state index is 0.0773. The monoisotopic (exact) mass is 448 g/mol. The molecule has 2 aromatic rings. The van der Waals surface area contributed by atoms with Crippen LogP contribution in [-0.2, 0) is 14.9 Å². The van der Waals surface area contributed by atoms with Gasteiger partial charge >= 0.3 is 10.1 Å². The summed E-state index contributed by atoms with van der Waals surface area (Å²) >= 11 is 2.09. The first-order valence-corrected chi connectivity index (χ1v) is 9.50. The molecule has 0 aliphatic carbocycles. The largest absolute Gasteiger partial charge is 0.491 e. The standard InChI is InChI=1S/C16H17IO5S/c1-2-20-10-11-21-14-6-8-16(9-7-14)23(18,19)22-15-5-3-4-13(17)12-15/h3-9,12H,2,10-11H2,1H3. The number of ether oxygens (including phenoxy) is 2. The van der Waals surface area contributed by atoms with E-state index in [4.69, 9.17) is 13.7 Å². The smallest absolute Gasteiger partial charge is 0.339 e. The summed E-state index contributed by atoms with van der Waals surface area (Å²) in [6, 6.07) is 13.0. The van der Waals surface area contributed by atoms with Crippen LogP contribution in [0.3, 0.4) is 0 Å². The van der Waals surface area contributed by atoms with Gasteiger partial charge in [0.05, 0.1) is 6.61 Å². The van der Waals surface area contributed by atoms with Gasteiger partial charge in [-0.3, -0.25) is 0 Å². The zero-order valence-corrected chi connectivity index (χ0v) is 15.5. The molecule has 0 aromatic heterocycles. The van der Waals surface area contributed by atoms with E-state index in [1.807, 2.05) is 13.0 Å². The molecule has 0 atom stereocenters. The summed E-state index contributed by atoms with van der Waals surface area (Å²) < 4.78 is 41.1. The predicted molar refractivity (Wildman–Crippen MR) is 95.4 cm³/mol. The first-order chi connectivity index (χ1) is 11.0. The second-order valence-electron chi connectivity index (χ2n) is 4.51. The van der Waals surface area contributed by atoms with E-state index in [0.717, 1.165) is 3.57 Å². The average molecular weight is 448 g/mol. The summed E-state index contributed by atoms with van der Waals surface area (Å²) in [6.45, 7) is 3.45. The summed E-state index contributed by atoms with van der Waals surface area (Å²) in [6.07, 6.45) is 0. The second kappa shape index (κ2) is 8.51. The molecule has 2 aromatic carbocycles. The lowest BCUT2D eigenvalue weighted by Crippen LogP contribution is -2.10. The molecule has 124 valence electrons. The Balaban J connectivity index is 2.02. The van der Waals surface area contributed by atoms with Gasteiger partial charge in [0.2, 0.25) is 0 Å². The molecule has 0 bridgehead atoms. The molecule has 0 unspecified atom stereocenters. The van der Waals surface area contributed by atoms with E-state index in [2.05, 4.69) is 22.6 Å². The topological polar surface area (TPSA) is 61.8 Å². The maximum absolute atomic E-state index is 12.2. The summed E-state index contributed by atoms with van der Waals surface area (Å²) in [5.74, 6) is 0.867. The Morgan fingerprint density at radius 2 is 1.74 bits per heavy atom. The number of hydrogen-bond acceptors (Lipinski definition) is 5. The Labute approximate surface area is 149 Å². The zero-order chi connectivity index (χ0) is 16.7. The van der Waals surface area contributed by atoms with Crippen molar-refractivity contribution in [2.45, 2.75) is 11.8 Å². The van der Waals surface area contributed by atoms with Gasteiger partial charge in [0.15, 0.2) is 0 Å². The normalized spacial score (nSPS) is 11.2. The maximum Gasteiger partial charge on any atom is 0.339 e. The van der Waals surface area contributed by atoms with Crippen molar-refractivity contribution in [2.75, 3.05) is 19.8 Å². The minimum Gasteiger partial charge on any atom is -0.491 e. The van der Waals surface area contributed by atoms with E-state index in [9.17, 15) is 8.42 Å². The molecule has 0 radical (unpaired) electrons. The molecule has 0 amide bonds. The summed E-state index contributed by atoms with van der Waals surface area (Å²) in [5.41, 5.74) is 0. The van der Waals surface area contributed by atoms with Crippen molar-refractivity contribution in [1.82, 2.24) is 0 Å². The first-order valence-electron chi connectivity index (χ1n) is 7.02. The Morgan fingerprint density at radius 1 is 1.00 bits per heavy atom. The van der Waals surface area contributed by atoms with E-state index in [1.165, 1.54) is 12.1 Å². The summed E-state index contributed by atoms with van der Waals surface area (Å²) in [7, 11) is -3.86. The maximum atomic E-state index is 12.2. The van der Waals surface area contributed by atoms with E-state index in [0.29, 0.717) is 25.6 Å². The van der Waals surface area contributed by atoms with Gasteiger partial charge in [0.25, 0.3) is 0 Å². The highest BCUT2D eigenvalue weighted by atomic mass is 127. The first kappa shape index (κ1) is 18.0. The van der Waals surface area contributed by atoms with Crippen molar-refractivity contribution in [1.29, 1.82) is 0 Å². The highest BCUT2D eigenvalue weighted by Gasteiger charge is 2.16. The molecule has 0 spiro atoms. The fourth-order valence-corrected chi connectivity index (χ4v) is 3.20. The molecule has 0 fully saturated rings. The van der Waals surface area contributed by atoms with Crippen LogP contribution >= 0.6 is 22.6 Å². The molecule has 23 heavy (non-hydrogen) atoms. The molecular formula is C16H17IO5S. The van der Waals surface area contributed by atoms with Crippen molar-refractivity contribution in [3.63, 3.8) is 0 Å². The summed E-state index contributed by atoms with van der Waals surface area (Å²) in [5, 5.41) is 0. The highest BCUT2D eigenvalue weighted by Crippen LogP contribution is 2.22. The third-order valence-corrected chi connectivity index (χ3v) is 4.75. The molecule has 5 nitrogen and oxygen atoms in total. The number of hydrogen-bond donors (Lipinski definition) is 0. The van der Waals surface area contributed by atoms with Crippen molar-refractivity contribution in [3.05, 3.63) is 52.1 Å². The van der Waals surface area contributed by atoms with Gasteiger partial charge in [-0.25, -0.2) is 0 Å². The number of benzene rings is 2. The molecule has 0 aliphatic rings. The van der Waals surface area contributed by atoms with Crippen molar-refractivity contribution >= 4 is 32.7 Å². The van der Waals surface area contributed by atoms with E-state index in [1.54, 1.807) is 30.3 Å². The predicted octanol–water partition coefficient (Wildman–Crippen LogP) is 3.47. The van der Waals surface area contributed by atoms with E-state index in [-0.39, 0.29) is 10.6 Å². The lowest BCUT2D eigenvalue weighted by molar-refractivity contribution is 0.110. The van der Waals surface area contributed by atoms with Gasteiger partial charge in [-0.15, -0.1) is 0 Å². The second-order valence-corrected chi connectivity index (χ2v) is 7.30. The zero-order valence-electron chi connectivity index (χ0n) is 12.6. The Kier molecular flexibility index (Phi) is 6.67. The Bertz CT molecular complexity index is 728. The fourth-order valence-electron chi connectivity index (χ4n) is 1.76. The average Bonchev–Trinajstić information content (AvgIpc) is 2.52. The van der Waals surface area contributed by atoms with E-state index < -0.39 is 10.1 Å². The van der Waals surface area contributed by atoms with Crippen LogP contribution in [0.2, 0.25) is 0 Å². The van der Waals surface area contributed by atoms with Crippen LogP contribution in [-0.4, -0.2) is 28.2 Å². The lowest BCUT2D eigenvalue weighted by Gasteiger charge is -2.09. The van der Waals surface area contributed by atoms with Crippen LogP contribution in [0.4, 0.5) is 0 Å². The quantitative estimate of drug-likeness (QED) is 0.352. The molecule has 0 aliphatic heterocycles.